The summed E-state index contributed by atoms with van der Waals surface area (Å²) in [5.74, 6) is 0. The molecule has 0 bridgehead atoms. The number of hydrogen-bond acceptors (Lipinski definition) is 0. The van der Waals surface area contributed by atoms with Gasteiger partial charge in [-0.1, -0.05) is 55.0 Å². The van der Waals surface area contributed by atoms with Gasteiger partial charge in [0.25, 0.3) is 0 Å². The third-order valence-corrected chi connectivity index (χ3v) is 2.91. The molecule has 1 heteroatoms. The Bertz CT molecular complexity index is 699. The van der Waals surface area contributed by atoms with Crippen molar-refractivity contribution in [2.45, 2.75) is 0 Å². The van der Waals surface area contributed by atoms with Crippen LogP contribution in [-0.2, 0) is 0 Å². The highest BCUT2D eigenvalue weighted by atomic mass is 15.0. The zero-order valence-electron chi connectivity index (χ0n) is 9.30. The van der Waals surface area contributed by atoms with Crippen molar-refractivity contribution in [2.24, 2.45) is 0 Å². The molecule has 0 fully saturated rings. The molecule has 1 aromatic heterocycles. The fourth-order valence-corrected chi connectivity index (χ4v) is 2.12. The van der Waals surface area contributed by atoms with E-state index in [-0.39, 0.29) is 0 Å². The summed E-state index contributed by atoms with van der Waals surface area (Å²) >= 11 is 0. The van der Waals surface area contributed by atoms with Gasteiger partial charge < -0.3 is 0 Å². The average molecular weight is 217 g/mol. The number of fused-ring (bicyclic) bond motifs is 1. The van der Waals surface area contributed by atoms with Crippen molar-refractivity contribution in [1.82, 2.24) is 4.57 Å². The van der Waals surface area contributed by atoms with Crippen molar-refractivity contribution in [3.63, 3.8) is 0 Å². The molecule has 0 aliphatic rings. The highest BCUT2D eigenvalue weighted by molar-refractivity contribution is 5.88. The molecule has 1 nitrogen and oxygen atoms in total. The molecule has 0 saturated carbocycles. The molecule has 0 unspecified atom stereocenters. The third kappa shape index (κ3) is 1.51. The monoisotopic (exact) mass is 217 g/mol. The summed E-state index contributed by atoms with van der Waals surface area (Å²) in [6.45, 7) is 0. The number of benzene rings is 2. The minimum absolute atomic E-state index is 1.06. The highest BCUT2D eigenvalue weighted by Crippen LogP contribution is 2.27. The molecule has 1 heterocycles. The van der Waals surface area contributed by atoms with Crippen LogP contribution >= 0.6 is 0 Å². The molecule has 0 amide bonds. The molecular formula is C16H11N. The Morgan fingerprint density at radius 1 is 0.882 bits per heavy atom. The van der Waals surface area contributed by atoms with Crippen LogP contribution in [0.15, 0.2) is 60.7 Å². The summed E-state index contributed by atoms with van der Waals surface area (Å²) in [6, 6.07) is 23.2. The van der Waals surface area contributed by atoms with Gasteiger partial charge in [0.15, 0.2) is 0 Å². The summed E-state index contributed by atoms with van der Waals surface area (Å²) in [6.07, 6.45) is 5.61. The molecule has 0 spiro atoms. The van der Waals surface area contributed by atoms with E-state index in [4.69, 9.17) is 6.42 Å². The molecule has 3 aromatic rings. The third-order valence-electron chi connectivity index (χ3n) is 2.91. The van der Waals surface area contributed by atoms with Crippen LogP contribution in [0.3, 0.4) is 0 Å². The lowest BCUT2D eigenvalue weighted by Crippen LogP contribution is -1.90. The molecular weight excluding hydrogens is 206 g/mol. The van der Waals surface area contributed by atoms with Gasteiger partial charge in [0.2, 0.25) is 0 Å². The maximum atomic E-state index is 5.61. The molecule has 0 radical (unpaired) electrons. The van der Waals surface area contributed by atoms with Crippen molar-refractivity contribution in [2.75, 3.05) is 0 Å². The van der Waals surface area contributed by atoms with E-state index in [9.17, 15) is 0 Å². The lowest BCUT2D eigenvalue weighted by atomic mass is 10.1. The first-order valence-corrected chi connectivity index (χ1v) is 5.52. The molecule has 0 aliphatic carbocycles. The molecule has 2 aromatic carbocycles. The Kier molecular flexibility index (Phi) is 2.20. The lowest BCUT2D eigenvalue weighted by Gasteiger charge is -2.02. The largest absolute Gasteiger partial charge is 0.269 e. The van der Waals surface area contributed by atoms with Crippen LogP contribution in [0, 0.1) is 12.5 Å². The Morgan fingerprint density at radius 2 is 1.59 bits per heavy atom. The van der Waals surface area contributed by atoms with E-state index in [1.807, 2.05) is 41.0 Å². The second-order valence-corrected chi connectivity index (χ2v) is 3.92. The summed E-state index contributed by atoms with van der Waals surface area (Å²) < 4.78 is 1.89. The first kappa shape index (κ1) is 9.74. The highest BCUT2D eigenvalue weighted by Gasteiger charge is 2.07. The molecule has 0 aliphatic heterocycles. The summed E-state index contributed by atoms with van der Waals surface area (Å²) in [7, 11) is 0. The molecule has 0 atom stereocenters. The summed E-state index contributed by atoms with van der Waals surface area (Å²) in [5.41, 5.74) is 3.28. The normalized spacial score (nSPS) is 10.3. The van der Waals surface area contributed by atoms with E-state index in [1.165, 1.54) is 5.39 Å². The quantitative estimate of drug-likeness (QED) is 0.547. The van der Waals surface area contributed by atoms with Gasteiger partial charge in [-0.05, 0) is 17.7 Å². The number of nitrogens with zero attached hydrogens (tertiary/aromatic N) is 1. The number of rotatable bonds is 1. The van der Waals surface area contributed by atoms with Crippen molar-refractivity contribution < 1.29 is 0 Å². The van der Waals surface area contributed by atoms with E-state index < -0.39 is 0 Å². The Labute approximate surface area is 100 Å². The Balaban J connectivity index is 2.35. The number of aromatic nitrogens is 1. The van der Waals surface area contributed by atoms with E-state index in [0.29, 0.717) is 0 Å². The van der Waals surface area contributed by atoms with Crippen molar-refractivity contribution in [3.8, 4) is 23.7 Å². The first-order chi connectivity index (χ1) is 8.40. The number of para-hydroxylation sites is 1. The number of hydrogen-bond donors (Lipinski definition) is 0. The predicted octanol–water partition coefficient (Wildman–Crippen LogP) is 3.75. The second-order valence-electron chi connectivity index (χ2n) is 3.92. The van der Waals surface area contributed by atoms with Gasteiger partial charge in [-0.3, -0.25) is 4.57 Å². The Hall–Kier alpha value is -2.46. The zero-order valence-corrected chi connectivity index (χ0v) is 9.30. The van der Waals surface area contributed by atoms with Crippen LogP contribution in [0.4, 0.5) is 0 Å². The standard InChI is InChI=1S/C16H11N/c1-2-17-15-11-7-6-10-14(15)12-16(17)13-8-4-3-5-9-13/h1,3-12H. The SMILES string of the molecule is C#Cn1c(-c2ccccc2)cc2ccccc21. The van der Waals surface area contributed by atoms with Gasteiger partial charge in [0.05, 0.1) is 11.2 Å². The van der Waals surface area contributed by atoms with Gasteiger partial charge in [0, 0.05) is 11.4 Å². The van der Waals surface area contributed by atoms with Crippen LogP contribution in [0.2, 0.25) is 0 Å². The fraction of sp³-hybridized carbons (Fsp3) is 0. The molecule has 0 N–H and O–H groups in total. The predicted molar refractivity (Wildman–Crippen MR) is 71.6 cm³/mol. The smallest absolute Gasteiger partial charge is 0.0624 e. The van der Waals surface area contributed by atoms with Crippen LogP contribution < -0.4 is 0 Å². The van der Waals surface area contributed by atoms with E-state index in [2.05, 4.69) is 30.3 Å². The maximum absolute atomic E-state index is 5.61. The van der Waals surface area contributed by atoms with E-state index in [1.54, 1.807) is 0 Å². The van der Waals surface area contributed by atoms with Crippen molar-refractivity contribution >= 4 is 10.9 Å². The fourth-order valence-electron chi connectivity index (χ4n) is 2.12. The molecule has 80 valence electrons. The second kappa shape index (κ2) is 3.84. The van der Waals surface area contributed by atoms with Gasteiger partial charge >= 0.3 is 0 Å². The lowest BCUT2D eigenvalue weighted by molar-refractivity contribution is 1.21. The minimum atomic E-state index is 1.06. The van der Waals surface area contributed by atoms with Crippen molar-refractivity contribution in [1.29, 1.82) is 0 Å². The first-order valence-electron chi connectivity index (χ1n) is 5.52. The van der Waals surface area contributed by atoms with Crippen LogP contribution in [0.25, 0.3) is 22.2 Å². The van der Waals surface area contributed by atoms with E-state index in [0.717, 1.165) is 16.8 Å². The van der Waals surface area contributed by atoms with Gasteiger partial charge in [-0.25, -0.2) is 0 Å². The molecule has 0 saturated heterocycles. The van der Waals surface area contributed by atoms with Gasteiger partial charge in [-0.15, -0.1) is 0 Å². The maximum Gasteiger partial charge on any atom is 0.0624 e. The zero-order chi connectivity index (χ0) is 11.7. The molecule has 17 heavy (non-hydrogen) atoms. The Morgan fingerprint density at radius 3 is 2.35 bits per heavy atom. The van der Waals surface area contributed by atoms with Crippen LogP contribution in [0.1, 0.15) is 0 Å². The van der Waals surface area contributed by atoms with Crippen molar-refractivity contribution in [3.05, 3.63) is 60.7 Å². The average Bonchev–Trinajstić information content (AvgIpc) is 2.78. The summed E-state index contributed by atoms with van der Waals surface area (Å²) in [4.78, 5) is 0. The van der Waals surface area contributed by atoms with Gasteiger partial charge in [-0.2, -0.15) is 0 Å². The number of terminal acetylenes is 1. The minimum Gasteiger partial charge on any atom is -0.269 e. The van der Waals surface area contributed by atoms with Crippen LogP contribution in [0.5, 0.6) is 0 Å². The summed E-state index contributed by atoms with van der Waals surface area (Å²) in [5, 5.41) is 1.17. The molecule has 3 rings (SSSR count). The topological polar surface area (TPSA) is 4.93 Å². The van der Waals surface area contributed by atoms with Crippen LogP contribution in [-0.4, -0.2) is 4.57 Å². The van der Waals surface area contributed by atoms with Gasteiger partial charge in [0.1, 0.15) is 0 Å². The van der Waals surface area contributed by atoms with E-state index >= 15 is 0 Å².